The fraction of sp³-hybridized carbons (Fsp3) is 0.520. The van der Waals surface area contributed by atoms with Crippen molar-refractivity contribution in [1.82, 2.24) is 10.2 Å². The highest BCUT2D eigenvalue weighted by Crippen LogP contribution is 2.28. The van der Waals surface area contributed by atoms with E-state index in [4.69, 9.17) is 5.26 Å². The molecule has 2 heterocycles. The molecule has 0 unspecified atom stereocenters. The van der Waals surface area contributed by atoms with Crippen molar-refractivity contribution in [1.29, 1.82) is 5.26 Å². The van der Waals surface area contributed by atoms with Crippen LogP contribution in [0, 0.1) is 17.2 Å². The summed E-state index contributed by atoms with van der Waals surface area (Å²) in [4.78, 5) is 16.0. The summed E-state index contributed by atoms with van der Waals surface area (Å²) in [6.07, 6.45) is 8.60. The van der Waals surface area contributed by atoms with Crippen LogP contribution in [-0.4, -0.2) is 36.5 Å². The van der Waals surface area contributed by atoms with Crippen LogP contribution in [0.25, 0.3) is 0 Å². The predicted octanol–water partition coefficient (Wildman–Crippen LogP) is 4.33. The maximum Gasteiger partial charge on any atom is 0.225 e. The maximum absolute atomic E-state index is 12.2. The molecule has 0 radical (unpaired) electrons. The summed E-state index contributed by atoms with van der Waals surface area (Å²) in [6.45, 7) is 3.38. The van der Waals surface area contributed by atoms with Crippen molar-refractivity contribution in [2.75, 3.05) is 19.6 Å². The molecule has 0 atom stereocenters. The standard InChI is InChI=1S/C25H31N3OS/c26-18-20-3-6-21-10-13-28(14-11-22(21)16-20)12-9-19-4-7-23(8-5-19)27-25(29)17-24-2-1-15-30-24/h1-3,6,15-16,19,23H,4-5,7-14,17H2,(H,27,29). The molecule has 1 aromatic heterocycles. The number of carbonyl (C=O) groups is 1. The van der Waals surface area contributed by atoms with Crippen LogP contribution in [-0.2, 0) is 24.1 Å². The first-order valence-electron chi connectivity index (χ1n) is 11.3. The Balaban J connectivity index is 1.16. The predicted molar refractivity (Wildman–Crippen MR) is 122 cm³/mol. The largest absolute Gasteiger partial charge is 0.353 e. The molecule has 30 heavy (non-hydrogen) atoms. The van der Waals surface area contributed by atoms with E-state index in [9.17, 15) is 4.79 Å². The first-order valence-corrected chi connectivity index (χ1v) is 12.1. The Bertz CT molecular complexity index is 878. The average molecular weight is 422 g/mol. The van der Waals surface area contributed by atoms with Crippen molar-refractivity contribution in [2.45, 2.75) is 57.4 Å². The molecular weight excluding hydrogens is 390 g/mol. The Labute approximate surface area is 183 Å². The summed E-state index contributed by atoms with van der Waals surface area (Å²) >= 11 is 1.65. The van der Waals surface area contributed by atoms with Gasteiger partial charge in [-0.3, -0.25) is 4.79 Å². The lowest BCUT2D eigenvalue weighted by Crippen LogP contribution is -2.38. The molecule has 0 saturated heterocycles. The van der Waals surface area contributed by atoms with Gasteiger partial charge in [-0.05, 0) is 92.1 Å². The zero-order valence-corrected chi connectivity index (χ0v) is 18.4. The van der Waals surface area contributed by atoms with Crippen LogP contribution in [0.5, 0.6) is 0 Å². The fourth-order valence-electron chi connectivity index (χ4n) is 4.88. The SMILES string of the molecule is N#Cc1ccc2c(c1)CCN(CCC1CCC(NC(=O)Cc3cccs3)CC1)CC2. The van der Waals surface area contributed by atoms with Gasteiger partial charge in [0.2, 0.25) is 5.91 Å². The number of nitrogens with one attached hydrogen (secondary N) is 1. The minimum Gasteiger partial charge on any atom is -0.353 e. The second-order valence-electron chi connectivity index (χ2n) is 8.77. The summed E-state index contributed by atoms with van der Waals surface area (Å²) < 4.78 is 0. The highest BCUT2D eigenvalue weighted by atomic mass is 32.1. The molecule has 2 aromatic rings. The molecule has 0 spiro atoms. The number of thiophene rings is 1. The maximum atomic E-state index is 12.2. The van der Waals surface area contributed by atoms with E-state index >= 15 is 0 Å². The Morgan fingerprint density at radius 3 is 2.67 bits per heavy atom. The number of carbonyl (C=O) groups excluding carboxylic acids is 1. The van der Waals surface area contributed by atoms with Crippen LogP contribution < -0.4 is 5.32 Å². The smallest absolute Gasteiger partial charge is 0.225 e. The van der Waals surface area contributed by atoms with E-state index in [1.165, 1.54) is 36.9 Å². The van der Waals surface area contributed by atoms with Crippen LogP contribution >= 0.6 is 11.3 Å². The molecule has 1 aliphatic carbocycles. The molecule has 4 rings (SSSR count). The molecule has 5 heteroatoms. The first kappa shape index (κ1) is 21.1. The van der Waals surface area contributed by atoms with E-state index in [-0.39, 0.29) is 5.91 Å². The van der Waals surface area contributed by atoms with E-state index in [0.29, 0.717) is 12.5 Å². The van der Waals surface area contributed by atoms with Crippen molar-refractivity contribution in [3.05, 3.63) is 57.3 Å². The number of benzene rings is 1. The second kappa shape index (κ2) is 10.2. The van der Waals surface area contributed by atoms with Crippen LogP contribution in [0.2, 0.25) is 0 Å². The Morgan fingerprint density at radius 2 is 1.93 bits per heavy atom. The van der Waals surface area contributed by atoms with E-state index in [1.807, 2.05) is 23.6 Å². The van der Waals surface area contributed by atoms with E-state index in [0.717, 1.165) is 55.1 Å². The average Bonchev–Trinajstić information content (AvgIpc) is 3.18. The lowest BCUT2D eigenvalue weighted by molar-refractivity contribution is -0.121. The summed E-state index contributed by atoms with van der Waals surface area (Å²) in [5.74, 6) is 0.954. The minimum absolute atomic E-state index is 0.171. The highest BCUT2D eigenvalue weighted by Gasteiger charge is 2.23. The van der Waals surface area contributed by atoms with Gasteiger partial charge in [0.05, 0.1) is 18.1 Å². The zero-order chi connectivity index (χ0) is 20.8. The van der Waals surface area contributed by atoms with Crippen LogP contribution in [0.1, 0.15) is 53.7 Å². The van der Waals surface area contributed by atoms with Gasteiger partial charge in [0.15, 0.2) is 0 Å². The number of nitrogens with zero attached hydrogens (tertiary/aromatic N) is 2. The van der Waals surface area contributed by atoms with Crippen molar-refractivity contribution in [3.63, 3.8) is 0 Å². The third kappa shape index (κ3) is 5.71. The van der Waals surface area contributed by atoms with E-state index in [2.05, 4.69) is 28.4 Å². The van der Waals surface area contributed by atoms with Gasteiger partial charge in [0.25, 0.3) is 0 Å². The topological polar surface area (TPSA) is 56.1 Å². The van der Waals surface area contributed by atoms with Crippen LogP contribution in [0.4, 0.5) is 0 Å². The molecule has 1 saturated carbocycles. The molecule has 1 aromatic carbocycles. The number of amides is 1. The Morgan fingerprint density at radius 1 is 1.13 bits per heavy atom. The third-order valence-corrected chi connectivity index (χ3v) is 7.59. The van der Waals surface area contributed by atoms with Crippen LogP contribution in [0.3, 0.4) is 0 Å². The first-order chi connectivity index (χ1) is 14.7. The third-order valence-electron chi connectivity index (χ3n) is 6.71. The molecule has 2 aliphatic rings. The van der Waals surface area contributed by atoms with E-state index < -0.39 is 0 Å². The van der Waals surface area contributed by atoms with Gasteiger partial charge in [-0.1, -0.05) is 12.1 Å². The molecule has 0 bridgehead atoms. The number of hydrogen-bond donors (Lipinski definition) is 1. The Hall–Kier alpha value is -2.16. The lowest BCUT2D eigenvalue weighted by atomic mass is 9.84. The van der Waals surface area contributed by atoms with Crippen molar-refractivity contribution >= 4 is 17.2 Å². The number of nitriles is 1. The number of rotatable bonds is 6. The van der Waals surface area contributed by atoms with Crippen molar-refractivity contribution < 1.29 is 4.79 Å². The Kier molecular flexibility index (Phi) is 7.20. The highest BCUT2D eigenvalue weighted by molar-refractivity contribution is 7.10. The number of hydrogen-bond acceptors (Lipinski definition) is 4. The summed E-state index contributed by atoms with van der Waals surface area (Å²) in [7, 11) is 0. The minimum atomic E-state index is 0.171. The fourth-order valence-corrected chi connectivity index (χ4v) is 5.58. The lowest BCUT2D eigenvalue weighted by Gasteiger charge is -2.30. The zero-order valence-electron chi connectivity index (χ0n) is 17.6. The molecule has 1 N–H and O–H groups in total. The van der Waals surface area contributed by atoms with Gasteiger partial charge in [-0.15, -0.1) is 11.3 Å². The molecule has 1 amide bonds. The van der Waals surface area contributed by atoms with Gasteiger partial charge in [-0.25, -0.2) is 0 Å². The van der Waals surface area contributed by atoms with Crippen molar-refractivity contribution in [2.24, 2.45) is 5.92 Å². The summed E-state index contributed by atoms with van der Waals surface area (Å²) in [6, 6.07) is 12.8. The normalized spacial score (nSPS) is 22.0. The number of fused-ring (bicyclic) bond motifs is 1. The van der Waals surface area contributed by atoms with Gasteiger partial charge in [0.1, 0.15) is 0 Å². The van der Waals surface area contributed by atoms with Gasteiger partial charge >= 0.3 is 0 Å². The van der Waals surface area contributed by atoms with Gasteiger partial charge in [0, 0.05) is 24.0 Å². The molecule has 158 valence electrons. The van der Waals surface area contributed by atoms with Gasteiger partial charge < -0.3 is 10.2 Å². The van der Waals surface area contributed by atoms with Crippen LogP contribution in [0.15, 0.2) is 35.7 Å². The monoisotopic (exact) mass is 421 g/mol. The second-order valence-corrected chi connectivity index (χ2v) is 9.80. The van der Waals surface area contributed by atoms with Gasteiger partial charge in [-0.2, -0.15) is 5.26 Å². The molecule has 1 fully saturated rings. The molecule has 1 aliphatic heterocycles. The molecule has 4 nitrogen and oxygen atoms in total. The quantitative estimate of drug-likeness (QED) is 0.755. The van der Waals surface area contributed by atoms with E-state index in [1.54, 1.807) is 11.3 Å². The molecular formula is C25H31N3OS. The summed E-state index contributed by atoms with van der Waals surface area (Å²) in [5, 5.41) is 14.4. The summed E-state index contributed by atoms with van der Waals surface area (Å²) in [5.41, 5.74) is 3.55. The van der Waals surface area contributed by atoms with Crippen molar-refractivity contribution in [3.8, 4) is 6.07 Å².